The molecular weight excluding hydrogens is 188 g/mol. The molecule has 0 aromatic rings. The van der Waals surface area contributed by atoms with Crippen molar-refractivity contribution in [1.29, 1.82) is 0 Å². The maximum absolute atomic E-state index is 10.9. The first-order valence-electron chi connectivity index (χ1n) is 4.62. The molecule has 1 unspecified atom stereocenters. The molecule has 0 bridgehead atoms. The Bertz CT molecular complexity index is 171. The van der Waals surface area contributed by atoms with E-state index in [1.807, 2.05) is 0 Å². The van der Waals surface area contributed by atoms with Gasteiger partial charge in [-0.3, -0.25) is 0 Å². The van der Waals surface area contributed by atoms with Gasteiger partial charge in [0.25, 0.3) is 0 Å². The lowest BCUT2D eigenvalue weighted by Crippen LogP contribution is -2.43. The van der Waals surface area contributed by atoms with Crippen LogP contribution in [0.1, 0.15) is 20.3 Å². The van der Waals surface area contributed by atoms with E-state index in [2.05, 4.69) is 0 Å². The first-order valence-corrected chi connectivity index (χ1v) is 4.62. The Hall–Kier alpha value is -0.650. The molecule has 0 fully saturated rings. The molecule has 0 aromatic heterocycles. The van der Waals surface area contributed by atoms with Crippen molar-refractivity contribution in [2.24, 2.45) is 0 Å². The number of hydrogen-bond acceptors (Lipinski definition) is 4. The van der Waals surface area contributed by atoms with E-state index in [0.717, 1.165) is 0 Å². The molecule has 0 rings (SSSR count). The summed E-state index contributed by atoms with van der Waals surface area (Å²) in [5.41, 5.74) is -1.31. The normalized spacial score (nSPS) is 15.1. The number of carbonyl (C=O) groups is 1. The monoisotopic (exact) mass is 206 g/mol. The molecule has 14 heavy (non-hydrogen) atoms. The zero-order valence-electron chi connectivity index (χ0n) is 8.65. The van der Waals surface area contributed by atoms with Crippen LogP contribution >= 0.6 is 0 Å². The molecule has 0 amide bonds. The highest BCUT2D eigenvalue weighted by Gasteiger charge is 2.34. The summed E-state index contributed by atoms with van der Waals surface area (Å²) in [4.78, 5) is 10.9. The van der Waals surface area contributed by atoms with Gasteiger partial charge in [-0.1, -0.05) is 0 Å². The van der Waals surface area contributed by atoms with Crippen molar-refractivity contribution in [3.8, 4) is 0 Å². The smallest absolute Gasteiger partial charge is 0.338 e. The lowest BCUT2D eigenvalue weighted by atomic mass is 10.1. The Morgan fingerprint density at radius 1 is 1.50 bits per heavy atom. The maximum atomic E-state index is 10.9. The van der Waals surface area contributed by atoms with E-state index in [-0.39, 0.29) is 19.8 Å². The van der Waals surface area contributed by atoms with Crippen LogP contribution < -0.4 is 0 Å². The van der Waals surface area contributed by atoms with Gasteiger partial charge in [0.15, 0.2) is 5.60 Å². The Morgan fingerprint density at radius 3 is 2.57 bits per heavy atom. The zero-order valence-corrected chi connectivity index (χ0v) is 8.65. The molecule has 2 N–H and O–H groups in total. The molecular formula is C9H18O5. The van der Waals surface area contributed by atoms with Gasteiger partial charge in [-0.15, -0.1) is 0 Å². The van der Waals surface area contributed by atoms with Gasteiger partial charge < -0.3 is 19.7 Å². The Kier molecular flexibility index (Phi) is 6.44. The van der Waals surface area contributed by atoms with Crippen molar-refractivity contribution in [2.45, 2.75) is 25.9 Å². The second-order valence-electron chi connectivity index (χ2n) is 3.10. The highest BCUT2D eigenvalue weighted by Crippen LogP contribution is 2.11. The van der Waals surface area contributed by atoms with Gasteiger partial charge in [0, 0.05) is 13.2 Å². The largest absolute Gasteiger partial charge is 0.479 e. The van der Waals surface area contributed by atoms with Gasteiger partial charge in [-0.2, -0.15) is 0 Å². The van der Waals surface area contributed by atoms with Crippen LogP contribution in [0.5, 0.6) is 0 Å². The predicted octanol–water partition coefficient (Wildman–Crippen LogP) is 0.265. The molecule has 0 saturated heterocycles. The third kappa shape index (κ3) is 4.55. The van der Waals surface area contributed by atoms with E-state index in [1.54, 1.807) is 6.92 Å². The SMILES string of the molecule is CCOCC(C)(OCCCO)C(=O)O. The maximum Gasteiger partial charge on any atom is 0.338 e. The minimum Gasteiger partial charge on any atom is -0.479 e. The van der Waals surface area contributed by atoms with Crippen LogP contribution in [-0.2, 0) is 14.3 Å². The molecule has 0 aromatic carbocycles. The van der Waals surface area contributed by atoms with Crippen molar-refractivity contribution < 1.29 is 24.5 Å². The van der Waals surface area contributed by atoms with Crippen LogP contribution in [0.25, 0.3) is 0 Å². The summed E-state index contributed by atoms with van der Waals surface area (Å²) in [7, 11) is 0. The second kappa shape index (κ2) is 6.75. The van der Waals surface area contributed by atoms with Gasteiger partial charge in [-0.25, -0.2) is 4.79 Å². The Labute approximate surface area is 83.6 Å². The van der Waals surface area contributed by atoms with Gasteiger partial charge in [0.05, 0.1) is 13.2 Å². The summed E-state index contributed by atoms with van der Waals surface area (Å²) in [5.74, 6) is -1.05. The standard InChI is InChI=1S/C9H18O5/c1-3-13-7-9(2,8(11)12)14-6-4-5-10/h10H,3-7H2,1-2H3,(H,11,12). The molecule has 0 aliphatic rings. The van der Waals surface area contributed by atoms with Crippen LogP contribution in [-0.4, -0.2) is 48.2 Å². The average Bonchev–Trinajstić information content (AvgIpc) is 2.15. The van der Waals surface area contributed by atoms with Gasteiger partial charge >= 0.3 is 5.97 Å². The molecule has 5 heteroatoms. The quantitative estimate of drug-likeness (QED) is 0.557. The van der Waals surface area contributed by atoms with Gasteiger partial charge in [0.1, 0.15) is 0 Å². The number of aliphatic hydroxyl groups is 1. The third-order valence-corrected chi connectivity index (χ3v) is 1.76. The number of ether oxygens (including phenoxy) is 2. The molecule has 84 valence electrons. The number of carboxylic acid groups (broad SMARTS) is 1. The number of rotatable bonds is 8. The van der Waals surface area contributed by atoms with E-state index < -0.39 is 11.6 Å². The van der Waals surface area contributed by atoms with E-state index in [1.165, 1.54) is 6.92 Å². The topological polar surface area (TPSA) is 76.0 Å². The van der Waals surface area contributed by atoms with E-state index in [9.17, 15) is 4.79 Å². The van der Waals surface area contributed by atoms with Crippen molar-refractivity contribution in [3.63, 3.8) is 0 Å². The molecule has 0 spiro atoms. The highest BCUT2D eigenvalue weighted by molar-refractivity contribution is 5.77. The average molecular weight is 206 g/mol. The number of carboxylic acids is 1. The van der Waals surface area contributed by atoms with Crippen LogP contribution in [0.3, 0.4) is 0 Å². The van der Waals surface area contributed by atoms with Gasteiger partial charge in [0.2, 0.25) is 0 Å². The van der Waals surface area contributed by atoms with E-state index >= 15 is 0 Å². The summed E-state index contributed by atoms with van der Waals surface area (Å²) in [6.07, 6.45) is 0.426. The van der Waals surface area contributed by atoms with E-state index in [0.29, 0.717) is 13.0 Å². The fraction of sp³-hybridized carbons (Fsp3) is 0.889. The molecule has 5 nitrogen and oxygen atoms in total. The fourth-order valence-electron chi connectivity index (χ4n) is 0.824. The Balaban J connectivity index is 4.03. The number of aliphatic hydroxyl groups excluding tert-OH is 1. The zero-order chi connectivity index (χ0) is 11.0. The minimum absolute atomic E-state index is 0.00959. The molecule has 0 aliphatic heterocycles. The molecule has 1 atom stereocenters. The van der Waals surface area contributed by atoms with Crippen LogP contribution in [0.2, 0.25) is 0 Å². The summed E-state index contributed by atoms with van der Waals surface area (Å²) in [6, 6.07) is 0. The molecule has 0 saturated carbocycles. The predicted molar refractivity (Wildman–Crippen MR) is 50.2 cm³/mol. The summed E-state index contributed by atoms with van der Waals surface area (Å²) < 4.78 is 10.2. The first kappa shape index (κ1) is 13.4. The number of hydrogen-bond donors (Lipinski definition) is 2. The minimum atomic E-state index is -1.31. The van der Waals surface area contributed by atoms with Crippen LogP contribution in [0.4, 0.5) is 0 Å². The molecule has 0 radical (unpaired) electrons. The Morgan fingerprint density at radius 2 is 2.14 bits per heavy atom. The van der Waals surface area contributed by atoms with Crippen molar-refractivity contribution in [1.82, 2.24) is 0 Å². The van der Waals surface area contributed by atoms with Crippen molar-refractivity contribution >= 4 is 5.97 Å². The lowest BCUT2D eigenvalue weighted by molar-refractivity contribution is -0.172. The van der Waals surface area contributed by atoms with Crippen molar-refractivity contribution in [2.75, 3.05) is 26.4 Å². The number of aliphatic carboxylic acids is 1. The molecule has 0 aliphatic carbocycles. The van der Waals surface area contributed by atoms with E-state index in [4.69, 9.17) is 19.7 Å². The third-order valence-electron chi connectivity index (χ3n) is 1.76. The summed E-state index contributed by atoms with van der Waals surface area (Å²) in [6.45, 7) is 3.92. The fourth-order valence-corrected chi connectivity index (χ4v) is 0.824. The highest BCUT2D eigenvalue weighted by atomic mass is 16.6. The summed E-state index contributed by atoms with van der Waals surface area (Å²) >= 11 is 0. The van der Waals surface area contributed by atoms with Crippen LogP contribution in [0, 0.1) is 0 Å². The van der Waals surface area contributed by atoms with Crippen molar-refractivity contribution in [3.05, 3.63) is 0 Å². The van der Waals surface area contributed by atoms with Crippen LogP contribution in [0.15, 0.2) is 0 Å². The molecule has 0 heterocycles. The summed E-state index contributed by atoms with van der Waals surface area (Å²) in [5, 5.41) is 17.4. The second-order valence-corrected chi connectivity index (χ2v) is 3.10. The first-order chi connectivity index (χ1) is 6.56. The lowest BCUT2D eigenvalue weighted by Gasteiger charge is -2.24. The van der Waals surface area contributed by atoms with Gasteiger partial charge in [-0.05, 0) is 20.3 Å².